The highest BCUT2D eigenvalue weighted by atomic mass is 16.5. The molecule has 0 amide bonds. The lowest BCUT2D eigenvalue weighted by Gasteiger charge is -2.18. The van der Waals surface area contributed by atoms with Crippen LogP contribution >= 0.6 is 0 Å². The van der Waals surface area contributed by atoms with E-state index in [0.717, 1.165) is 24.0 Å². The molecule has 0 N–H and O–H groups in total. The van der Waals surface area contributed by atoms with Crippen LogP contribution < -0.4 is 0 Å². The smallest absolute Gasteiger partial charge is 0.197 e. The number of Topliss-reactive ketones (excluding diaryl/α,β-unsaturated/α-hetero) is 1. The summed E-state index contributed by atoms with van der Waals surface area (Å²) in [5.74, 6) is 0.676. The molecule has 1 aliphatic carbocycles. The minimum atomic E-state index is 0.127. The van der Waals surface area contributed by atoms with Crippen molar-refractivity contribution in [1.82, 2.24) is 0 Å². The van der Waals surface area contributed by atoms with Crippen molar-refractivity contribution < 1.29 is 9.53 Å². The fourth-order valence-corrected chi connectivity index (χ4v) is 1.97. The topological polar surface area (TPSA) is 26.3 Å². The van der Waals surface area contributed by atoms with Gasteiger partial charge in [0.25, 0.3) is 0 Å². The summed E-state index contributed by atoms with van der Waals surface area (Å²) in [5, 5.41) is 0. The zero-order chi connectivity index (χ0) is 10.7. The van der Waals surface area contributed by atoms with Crippen LogP contribution in [0.15, 0.2) is 36.1 Å². The number of hydrogen-bond acceptors (Lipinski definition) is 2. The van der Waals surface area contributed by atoms with Crippen LogP contribution in [-0.2, 0) is 9.53 Å². The van der Waals surface area contributed by atoms with E-state index >= 15 is 0 Å². The number of ketones is 1. The first kappa shape index (κ1) is 9.97. The molecule has 15 heavy (non-hydrogen) atoms. The van der Waals surface area contributed by atoms with Gasteiger partial charge in [0.15, 0.2) is 11.5 Å². The van der Waals surface area contributed by atoms with Gasteiger partial charge in [-0.15, -0.1) is 0 Å². The van der Waals surface area contributed by atoms with Gasteiger partial charge in [0, 0.05) is 12.0 Å². The van der Waals surface area contributed by atoms with Crippen LogP contribution in [0.5, 0.6) is 0 Å². The maximum atomic E-state index is 11.6. The molecule has 1 aliphatic rings. The van der Waals surface area contributed by atoms with E-state index in [-0.39, 0.29) is 5.78 Å². The van der Waals surface area contributed by atoms with Crippen LogP contribution in [0.2, 0.25) is 0 Å². The Morgan fingerprint density at radius 2 is 1.87 bits per heavy atom. The molecule has 0 saturated carbocycles. The lowest BCUT2D eigenvalue weighted by atomic mass is 9.91. The standard InChI is InChI=1S/C13H14O2/c1-15-13-11(8-5-9-12(13)14)10-6-3-2-4-7-10/h2-4,6-7H,5,8-9H2,1H3. The first-order chi connectivity index (χ1) is 7.33. The third-order valence-corrected chi connectivity index (χ3v) is 2.68. The zero-order valence-electron chi connectivity index (χ0n) is 8.82. The van der Waals surface area contributed by atoms with E-state index in [0.29, 0.717) is 12.2 Å². The number of carbonyl (C=O) groups is 1. The molecule has 0 fully saturated rings. The van der Waals surface area contributed by atoms with Crippen molar-refractivity contribution in [1.29, 1.82) is 0 Å². The Labute approximate surface area is 89.6 Å². The first-order valence-corrected chi connectivity index (χ1v) is 5.18. The fourth-order valence-electron chi connectivity index (χ4n) is 1.97. The highest BCUT2D eigenvalue weighted by molar-refractivity contribution is 6.02. The third kappa shape index (κ3) is 1.94. The summed E-state index contributed by atoms with van der Waals surface area (Å²) in [7, 11) is 1.57. The average molecular weight is 202 g/mol. The second kappa shape index (κ2) is 4.30. The van der Waals surface area contributed by atoms with Crippen molar-refractivity contribution in [3.8, 4) is 0 Å². The highest BCUT2D eigenvalue weighted by Crippen LogP contribution is 2.30. The van der Waals surface area contributed by atoms with Gasteiger partial charge in [0.05, 0.1) is 7.11 Å². The van der Waals surface area contributed by atoms with Gasteiger partial charge in [0.2, 0.25) is 0 Å². The summed E-state index contributed by atoms with van der Waals surface area (Å²) in [4.78, 5) is 11.6. The van der Waals surface area contributed by atoms with Gasteiger partial charge in [0.1, 0.15) is 0 Å². The molecule has 1 aromatic carbocycles. The molecule has 0 saturated heterocycles. The molecule has 2 heteroatoms. The number of ether oxygens (including phenoxy) is 1. The predicted molar refractivity (Wildman–Crippen MR) is 59.2 cm³/mol. The number of allylic oxidation sites excluding steroid dienone is 2. The molecule has 0 spiro atoms. The van der Waals surface area contributed by atoms with E-state index in [1.54, 1.807) is 7.11 Å². The van der Waals surface area contributed by atoms with Gasteiger partial charge in [-0.05, 0) is 18.4 Å². The molecule has 2 nitrogen and oxygen atoms in total. The van der Waals surface area contributed by atoms with E-state index in [2.05, 4.69) is 0 Å². The Kier molecular flexibility index (Phi) is 2.86. The van der Waals surface area contributed by atoms with Crippen molar-refractivity contribution in [2.45, 2.75) is 19.3 Å². The maximum absolute atomic E-state index is 11.6. The van der Waals surface area contributed by atoms with Crippen LogP contribution in [0.1, 0.15) is 24.8 Å². The van der Waals surface area contributed by atoms with Crippen molar-refractivity contribution >= 4 is 11.4 Å². The summed E-state index contributed by atoms with van der Waals surface area (Å²) >= 11 is 0. The SMILES string of the molecule is COC1=C(c2ccccc2)CCCC1=O. The lowest BCUT2D eigenvalue weighted by Crippen LogP contribution is -2.12. The van der Waals surface area contributed by atoms with Gasteiger partial charge < -0.3 is 4.74 Å². The molecule has 0 bridgehead atoms. The third-order valence-electron chi connectivity index (χ3n) is 2.68. The van der Waals surface area contributed by atoms with Crippen LogP contribution in [0.3, 0.4) is 0 Å². The van der Waals surface area contributed by atoms with E-state index in [1.807, 2.05) is 30.3 Å². The molecular formula is C13H14O2. The number of benzene rings is 1. The highest BCUT2D eigenvalue weighted by Gasteiger charge is 2.21. The second-order valence-electron chi connectivity index (χ2n) is 3.65. The molecule has 78 valence electrons. The normalized spacial score (nSPS) is 16.7. The Balaban J connectivity index is 2.45. The van der Waals surface area contributed by atoms with Gasteiger partial charge >= 0.3 is 0 Å². The quantitative estimate of drug-likeness (QED) is 0.737. The first-order valence-electron chi connectivity index (χ1n) is 5.18. The van der Waals surface area contributed by atoms with Gasteiger partial charge in [-0.2, -0.15) is 0 Å². The minimum Gasteiger partial charge on any atom is -0.493 e. The Morgan fingerprint density at radius 3 is 2.53 bits per heavy atom. The van der Waals surface area contributed by atoms with Crippen molar-refractivity contribution in [3.63, 3.8) is 0 Å². The fraction of sp³-hybridized carbons (Fsp3) is 0.308. The van der Waals surface area contributed by atoms with Gasteiger partial charge in [-0.1, -0.05) is 30.3 Å². The van der Waals surface area contributed by atoms with Crippen LogP contribution in [0.25, 0.3) is 5.57 Å². The van der Waals surface area contributed by atoms with E-state index in [1.165, 1.54) is 0 Å². The molecule has 0 unspecified atom stereocenters. The van der Waals surface area contributed by atoms with Crippen LogP contribution in [-0.4, -0.2) is 12.9 Å². The summed E-state index contributed by atoms with van der Waals surface area (Å²) in [6.07, 6.45) is 2.47. The summed E-state index contributed by atoms with van der Waals surface area (Å²) in [5.41, 5.74) is 2.15. The Bertz CT molecular complexity index is 390. The monoisotopic (exact) mass is 202 g/mol. The Hall–Kier alpha value is -1.57. The number of carbonyl (C=O) groups excluding carboxylic acids is 1. The van der Waals surface area contributed by atoms with Crippen molar-refractivity contribution in [2.75, 3.05) is 7.11 Å². The van der Waals surface area contributed by atoms with Crippen molar-refractivity contribution in [3.05, 3.63) is 41.7 Å². The number of rotatable bonds is 2. The van der Waals surface area contributed by atoms with Crippen LogP contribution in [0.4, 0.5) is 0 Å². The van der Waals surface area contributed by atoms with E-state index < -0.39 is 0 Å². The zero-order valence-corrected chi connectivity index (χ0v) is 8.82. The summed E-state index contributed by atoms with van der Waals surface area (Å²) < 4.78 is 5.20. The lowest BCUT2D eigenvalue weighted by molar-refractivity contribution is -0.118. The molecule has 0 aromatic heterocycles. The molecule has 0 radical (unpaired) electrons. The summed E-state index contributed by atoms with van der Waals surface area (Å²) in [6.45, 7) is 0. The molecule has 0 atom stereocenters. The molecule has 0 heterocycles. The molecule has 1 aromatic rings. The van der Waals surface area contributed by atoms with Crippen molar-refractivity contribution in [2.24, 2.45) is 0 Å². The number of hydrogen-bond donors (Lipinski definition) is 0. The average Bonchev–Trinajstić information content (AvgIpc) is 2.30. The molecular weight excluding hydrogens is 188 g/mol. The largest absolute Gasteiger partial charge is 0.493 e. The minimum absolute atomic E-state index is 0.127. The van der Waals surface area contributed by atoms with E-state index in [9.17, 15) is 4.79 Å². The maximum Gasteiger partial charge on any atom is 0.197 e. The second-order valence-corrected chi connectivity index (χ2v) is 3.65. The summed E-state index contributed by atoms with van der Waals surface area (Å²) in [6, 6.07) is 9.98. The van der Waals surface area contributed by atoms with Gasteiger partial charge in [-0.3, -0.25) is 4.79 Å². The van der Waals surface area contributed by atoms with Crippen LogP contribution in [0, 0.1) is 0 Å². The van der Waals surface area contributed by atoms with E-state index in [4.69, 9.17) is 4.74 Å². The predicted octanol–water partition coefficient (Wildman–Crippen LogP) is 2.80. The van der Waals surface area contributed by atoms with Gasteiger partial charge in [-0.25, -0.2) is 0 Å². The molecule has 0 aliphatic heterocycles. The number of methoxy groups -OCH3 is 1. The Morgan fingerprint density at radius 1 is 1.13 bits per heavy atom. The molecule has 2 rings (SSSR count).